The molecule has 1 radical (unpaired) electrons. The van der Waals surface area contributed by atoms with Crippen molar-refractivity contribution in [3.8, 4) is 5.75 Å². The van der Waals surface area contributed by atoms with Crippen molar-refractivity contribution in [3.05, 3.63) is 66.3 Å². The SMILES string of the molecule is C=C1C[C@H](C[C@@H]2CCO[C@H](/C(N)=C/OC(=C)COCc3ccc(OC)cc3)O2)O[C@@H](CCO[B]PS)C1. The second-order valence-corrected chi connectivity index (χ2v) is 10.3. The minimum atomic E-state index is -0.680. The molecule has 11 heteroatoms. The summed E-state index contributed by atoms with van der Waals surface area (Å²) in [5, 5.41) is 0. The lowest BCUT2D eigenvalue weighted by Gasteiger charge is -2.36. The van der Waals surface area contributed by atoms with Crippen LogP contribution in [0.2, 0.25) is 0 Å². The molecule has 8 nitrogen and oxygen atoms in total. The Morgan fingerprint density at radius 2 is 2.00 bits per heavy atom. The van der Waals surface area contributed by atoms with Gasteiger partial charge in [0.2, 0.25) is 6.29 Å². The average Bonchev–Trinajstić information content (AvgIpc) is 2.90. The summed E-state index contributed by atoms with van der Waals surface area (Å²) >= 11 is 4.14. The van der Waals surface area contributed by atoms with Crippen LogP contribution >= 0.6 is 19.9 Å². The van der Waals surface area contributed by atoms with Crippen LogP contribution in [0.15, 0.2) is 60.7 Å². The number of hydrogen-bond donors (Lipinski definition) is 2. The van der Waals surface area contributed by atoms with Crippen LogP contribution in [0.25, 0.3) is 0 Å². The molecule has 5 atom stereocenters. The van der Waals surface area contributed by atoms with Gasteiger partial charge in [-0.25, -0.2) is 0 Å². The zero-order valence-electron chi connectivity index (χ0n) is 21.4. The summed E-state index contributed by atoms with van der Waals surface area (Å²) in [4.78, 5) is 0. The molecule has 0 bridgehead atoms. The fourth-order valence-electron chi connectivity index (χ4n) is 4.18. The van der Waals surface area contributed by atoms with Crippen LogP contribution in [0.5, 0.6) is 5.75 Å². The van der Waals surface area contributed by atoms with E-state index in [1.807, 2.05) is 24.3 Å². The number of nitrogens with two attached hydrogens (primary N) is 1. The Kier molecular flexibility index (Phi) is 13.4. The highest BCUT2D eigenvalue weighted by Gasteiger charge is 2.31. The predicted octanol–water partition coefficient (Wildman–Crippen LogP) is 4.63. The minimum Gasteiger partial charge on any atom is -0.497 e. The number of methoxy groups -OCH3 is 1. The molecule has 1 aromatic carbocycles. The van der Waals surface area contributed by atoms with Crippen molar-refractivity contribution in [2.24, 2.45) is 5.73 Å². The maximum absolute atomic E-state index is 6.30. The maximum Gasteiger partial charge on any atom is 0.332 e. The molecule has 2 fully saturated rings. The Hall–Kier alpha value is -1.52. The molecule has 37 heavy (non-hydrogen) atoms. The van der Waals surface area contributed by atoms with Crippen LogP contribution in [0.1, 0.15) is 37.7 Å². The van der Waals surface area contributed by atoms with Crippen molar-refractivity contribution in [1.82, 2.24) is 0 Å². The minimum absolute atomic E-state index is 0.0340. The van der Waals surface area contributed by atoms with E-state index in [1.165, 1.54) is 11.8 Å². The van der Waals surface area contributed by atoms with Crippen LogP contribution in [-0.4, -0.2) is 58.7 Å². The molecule has 0 aliphatic carbocycles. The maximum atomic E-state index is 6.30. The Labute approximate surface area is 228 Å². The van der Waals surface area contributed by atoms with Crippen LogP contribution in [0, 0.1) is 0 Å². The molecule has 203 valence electrons. The number of rotatable bonds is 15. The molecule has 0 amide bonds. The molecule has 1 aromatic rings. The highest BCUT2D eigenvalue weighted by molar-refractivity contribution is 8.46. The highest BCUT2D eigenvalue weighted by Crippen LogP contribution is 2.30. The van der Waals surface area contributed by atoms with Crippen LogP contribution < -0.4 is 10.5 Å². The van der Waals surface area contributed by atoms with Crippen LogP contribution in [0.4, 0.5) is 0 Å². The quantitative estimate of drug-likeness (QED) is 0.0816. The van der Waals surface area contributed by atoms with Gasteiger partial charge in [0.15, 0.2) is 0 Å². The molecule has 2 heterocycles. The van der Waals surface area contributed by atoms with E-state index < -0.39 is 6.29 Å². The summed E-state index contributed by atoms with van der Waals surface area (Å²) in [5.41, 5.74) is 8.75. The molecule has 3 rings (SSSR count). The van der Waals surface area contributed by atoms with Gasteiger partial charge in [0.05, 0.1) is 38.6 Å². The van der Waals surface area contributed by atoms with Gasteiger partial charge in [-0.05, 0) is 43.4 Å². The van der Waals surface area contributed by atoms with Gasteiger partial charge in [-0.15, -0.1) is 0 Å². The first-order chi connectivity index (χ1) is 18.0. The molecular weight excluding hydrogens is 512 g/mol. The summed E-state index contributed by atoms with van der Waals surface area (Å²) < 4.78 is 39.9. The van der Waals surface area contributed by atoms with E-state index >= 15 is 0 Å². The van der Waals surface area contributed by atoms with Gasteiger partial charge in [0, 0.05) is 13.0 Å². The van der Waals surface area contributed by atoms with Gasteiger partial charge >= 0.3 is 7.20 Å². The van der Waals surface area contributed by atoms with Crippen molar-refractivity contribution in [3.63, 3.8) is 0 Å². The Morgan fingerprint density at radius 1 is 1.22 bits per heavy atom. The van der Waals surface area contributed by atoms with E-state index in [4.69, 9.17) is 38.8 Å². The monoisotopic (exact) mass is 550 g/mol. The summed E-state index contributed by atoms with van der Waals surface area (Å²) in [6.07, 6.45) is 4.89. The Morgan fingerprint density at radius 3 is 2.76 bits per heavy atom. The van der Waals surface area contributed by atoms with Crippen LogP contribution in [0.3, 0.4) is 0 Å². The summed E-state index contributed by atoms with van der Waals surface area (Å²) in [7, 11) is 3.74. The van der Waals surface area contributed by atoms with Crippen molar-refractivity contribution in [2.75, 3.05) is 26.9 Å². The van der Waals surface area contributed by atoms with Crippen molar-refractivity contribution >= 4 is 27.1 Å². The zero-order chi connectivity index (χ0) is 26.5. The third-order valence-corrected chi connectivity index (χ3v) is 6.58. The third kappa shape index (κ3) is 11.0. The second kappa shape index (κ2) is 16.4. The highest BCUT2D eigenvalue weighted by atomic mass is 32.7. The second-order valence-electron chi connectivity index (χ2n) is 9.05. The summed E-state index contributed by atoms with van der Waals surface area (Å²) in [6.45, 7) is 9.91. The molecule has 2 saturated heterocycles. The van der Waals surface area contributed by atoms with Crippen molar-refractivity contribution in [2.45, 2.75) is 63.3 Å². The fraction of sp³-hybridized carbons (Fsp3) is 0.538. The lowest BCUT2D eigenvalue weighted by Crippen LogP contribution is -2.39. The smallest absolute Gasteiger partial charge is 0.332 e. The Balaban J connectivity index is 1.38. The molecule has 0 saturated carbocycles. The predicted molar refractivity (Wildman–Crippen MR) is 150 cm³/mol. The number of hydrogen-bond acceptors (Lipinski definition) is 9. The van der Waals surface area contributed by atoms with E-state index in [0.717, 1.165) is 43.4 Å². The van der Waals surface area contributed by atoms with Gasteiger partial charge in [-0.3, -0.25) is 0 Å². The number of ether oxygens (including phenoxy) is 6. The van der Waals surface area contributed by atoms with Gasteiger partial charge in [-0.1, -0.05) is 38.5 Å². The topological polar surface area (TPSA) is 90.6 Å². The van der Waals surface area contributed by atoms with E-state index in [1.54, 1.807) is 14.3 Å². The van der Waals surface area contributed by atoms with Gasteiger partial charge in [0.1, 0.15) is 30.1 Å². The third-order valence-electron chi connectivity index (χ3n) is 5.99. The van der Waals surface area contributed by atoms with Crippen LogP contribution in [-0.2, 0) is 34.9 Å². The zero-order valence-corrected chi connectivity index (χ0v) is 23.3. The molecule has 2 aliphatic heterocycles. The first kappa shape index (κ1) is 30.0. The normalized spacial score (nSPS) is 24.8. The van der Waals surface area contributed by atoms with E-state index in [9.17, 15) is 0 Å². The van der Waals surface area contributed by atoms with Gasteiger partial charge in [-0.2, -0.15) is 12.2 Å². The van der Waals surface area contributed by atoms with Crippen molar-refractivity contribution in [1.29, 1.82) is 0 Å². The molecule has 0 spiro atoms. The first-order valence-corrected chi connectivity index (χ1v) is 14.8. The molecular formula is C26H38BNO7PS. The first-order valence-electron chi connectivity index (χ1n) is 12.4. The standard InChI is InChI=1S/C26H38BNO7PS/c1-18-12-22(9-11-33-27-36-37)34-24(13-18)14-23-8-10-31-26(35-23)25(28)17-32-19(2)15-30-16-20-4-6-21(29-3)7-5-20/h4-7,17,22-24,26,36-37H,1-2,8-16,28H2,3H3/b25-17-/t22-,23-,24+,26-/m0/s1. The van der Waals surface area contributed by atoms with Gasteiger partial charge in [0.25, 0.3) is 0 Å². The molecule has 2 aliphatic rings. The fourth-order valence-corrected chi connectivity index (χ4v) is 4.59. The lowest BCUT2D eigenvalue weighted by atomic mass is 9.94. The summed E-state index contributed by atoms with van der Waals surface area (Å²) in [5.74, 6) is 1.23. The van der Waals surface area contributed by atoms with E-state index in [0.29, 0.717) is 38.9 Å². The lowest BCUT2D eigenvalue weighted by molar-refractivity contribution is -0.204. The number of benzene rings is 1. The van der Waals surface area contributed by atoms with Gasteiger partial charge < -0.3 is 38.8 Å². The molecule has 0 aromatic heterocycles. The summed E-state index contributed by atoms with van der Waals surface area (Å²) in [6, 6.07) is 7.67. The molecule has 2 N–H and O–H groups in total. The number of thiol groups is 1. The Bertz CT molecular complexity index is 888. The van der Waals surface area contributed by atoms with E-state index in [-0.39, 0.29) is 24.9 Å². The van der Waals surface area contributed by atoms with Crippen molar-refractivity contribution < 1.29 is 33.1 Å². The largest absolute Gasteiger partial charge is 0.497 e. The molecule has 1 unspecified atom stereocenters. The average molecular weight is 550 g/mol. The van der Waals surface area contributed by atoms with E-state index in [2.05, 4.69) is 25.4 Å².